The van der Waals surface area contributed by atoms with Crippen molar-refractivity contribution in [3.8, 4) is 5.75 Å². The molecule has 0 unspecified atom stereocenters. The average Bonchev–Trinajstić information content (AvgIpc) is 3.12. The average molecular weight is 332 g/mol. The summed E-state index contributed by atoms with van der Waals surface area (Å²) in [7, 11) is 0. The molecule has 0 aliphatic carbocycles. The van der Waals surface area contributed by atoms with Crippen molar-refractivity contribution < 1.29 is 9.90 Å². The number of aromatic hydroxyl groups is 1. The number of aromatic amines is 1. The quantitative estimate of drug-likeness (QED) is 0.718. The van der Waals surface area contributed by atoms with Gasteiger partial charge in [-0.2, -0.15) is 0 Å². The number of hydrogen-bond donors (Lipinski definition) is 2. The molecule has 2 N–H and O–H groups in total. The molecule has 126 valence electrons. The fraction of sp³-hybridized carbons (Fsp3) is 0.238. The fourth-order valence-corrected chi connectivity index (χ4v) is 3.46. The van der Waals surface area contributed by atoms with Gasteiger partial charge in [-0.1, -0.05) is 39.0 Å². The number of fused-ring (bicyclic) bond motifs is 2. The number of hydrogen-bond acceptors (Lipinski definition) is 3. The van der Waals surface area contributed by atoms with E-state index in [-0.39, 0.29) is 17.5 Å². The van der Waals surface area contributed by atoms with Crippen molar-refractivity contribution >= 4 is 28.1 Å². The monoisotopic (exact) mass is 332 g/mol. The van der Waals surface area contributed by atoms with E-state index in [0.717, 1.165) is 17.5 Å². The number of ketones is 1. The van der Waals surface area contributed by atoms with Crippen LogP contribution >= 0.6 is 0 Å². The van der Waals surface area contributed by atoms with E-state index in [4.69, 9.17) is 0 Å². The van der Waals surface area contributed by atoms with Crippen molar-refractivity contribution in [1.29, 1.82) is 0 Å². The lowest BCUT2D eigenvalue weighted by Gasteiger charge is -2.12. The first kappa shape index (κ1) is 15.6. The Morgan fingerprint density at radius 1 is 1.20 bits per heavy atom. The van der Waals surface area contributed by atoms with Crippen LogP contribution in [0, 0.1) is 0 Å². The number of H-pyrrole nitrogens is 1. The normalized spacial score (nSPS) is 13.6. The molecule has 4 heteroatoms. The Kier molecular flexibility index (Phi) is 3.49. The molecule has 0 saturated heterocycles. The molecule has 0 saturated carbocycles. The van der Waals surface area contributed by atoms with Crippen LogP contribution in [0.3, 0.4) is 0 Å². The third kappa shape index (κ3) is 2.29. The second-order valence-electron chi connectivity index (χ2n) is 6.77. The van der Waals surface area contributed by atoms with Crippen LogP contribution in [0.2, 0.25) is 0 Å². The molecule has 2 heterocycles. The molecule has 1 aromatic heterocycles. The maximum absolute atomic E-state index is 13.1. The summed E-state index contributed by atoms with van der Waals surface area (Å²) >= 11 is 0. The van der Waals surface area contributed by atoms with Crippen LogP contribution in [-0.2, 0) is 6.42 Å². The number of carbonyl (C=O) groups is 1. The number of carbonyl (C=O) groups excluding carboxylic acids is 1. The van der Waals surface area contributed by atoms with Crippen molar-refractivity contribution in [3.63, 3.8) is 0 Å². The summed E-state index contributed by atoms with van der Waals surface area (Å²) in [6.07, 6.45) is 0.893. The predicted octanol–water partition coefficient (Wildman–Crippen LogP) is 4.88. The van der Waals surface area contributed by atoms with Gasteiger partial charge in [0.25, 0.3) is 0 Å². The predicted molar refractivity (Wildman–Crippen MR) is 100 cm³/mol. The number of para-hydroxylation sites is 1. The Morgan fingerprint density at radius 2 is 1.96 bits per heavy atom. The molecule has 1 aliphatic rings. The van der Waals surface area contributed by atoms with Gasteiger partial charge in [-0.3, -0.25) is 4.79 Å². The summed E-state index contributed by atoms with van der Waals surface area (Å²) in [6, 6.07) is 11.5. The summed E-state index contributed by atoms with van der Waals surface area (Å²) in [5, 5.41) is 11.3. The lowest BCUT2D eigenvalue weighted by Crippen LogP contribution is -2.14. The Morgan fingerprint density at radius 3 is 2.64 bits per heavy atom. The van der Waals surface area contributed by atoms with Crippen molar-refractivity contribution in [1.82, 2.24) is 4.98 Å². The summed E-state index contributed by atoms with van der Waals surface area (Å²) in [5.74, 6) is 0.190. The lowest BCUT2D eigenvalue weighted by atomic mass is 9.90. The van der Waals surface area contributed by atoms with Crippen molar-refractivity contribution in [3.05, 3.63) is 58.8 Å². The van der Waals surface area contributed by atoms with E-state index in [0.29, 0.717) is 28.0 Å². The van der Waals surface area contributed by atoms with E-state index >= 15 is 0 Å². The van der Waals surface area contributed by atoms with Crippen LogP contribution in [0.5, 0.6) is 5.75 Å². The minimum absolute atomic E-state index is 0.0809. The largest absolute Gasteiger partial charge is 0.505 e. The molecule has 4 nitrogen and oxygen atoms in total. The Labute approximate surface area is 146 Å². The van der Waals surface area contributed by atoms with Gasteiger partial charge < -0.3 is 10.1 Å². The molecule has 4 rings (SSSR count). The molecule has 2 aromatic carbocycles. The van der Waals surface area contributed by atoms with Crippen LogP contribution in [0.15, 0.2) is 41.4 Å². The summed E-state index contributed by atoms with van der Waals surface area (Å²) in [4.78, 5) is 20.8. The molecule has 3 aromatic rings. The summed E-state index contributed by atoms with van der Waals surface area (Å²) in [5.41, 5.74) is 5.05. The van der Waals surface area contributed by atoms with Gasteiger partial charge in [0.1, 0.15) is 11.4 Å². The second-order valence-corrected chi connectivity index (χ2v) is 6.77. The first-order chi connectivity index (χ1) is 12.0. The highest BCUT2D eigenvalue weighted by molar-refractivity contribution is 6.55. The first-order valence-corrected chi connectivity index (χ1v) is 8.61. The zero-order chi connectivity index (χ0) is 17.7. The molecule has 0 bridgehead atoms. The van der Waals surface area contributed by atoms with Crippen LogP contribution < -0.4 is 0 Å². The number of benzene rings is 2. The van der Waals surface area contributed by atoms with E-state index in [1.165, 1.54) is 5.56 Å². The molecule has 0 spiro atoms. The molecule has 0 amide bonds. The number of aromatic nitrogens is 1. The number of rotatable bonds is 3. The maximum Gasteiger partial charge on any atom is 0.216 e. The van der Waals surface area contributed by atoms with Gasteiger partial charge >= 0.3 is 0 Å². The van der Waals surface area contributed by atoms with E-state index < -0.39 is 0 Å². The molecular formula is C21H20N2O2. The van der Waals surface area contributed by atoms with Gasteiger partial charge in [0.2, 0.25) is 5.78 Å². The summed E-state index contributed by atoms with van der Waals surface area (Å²) in [6.45, 7) is 6.26. The van der Waals surface area contributed by atoms with Crippen molar-refractivity contribution in [2.24, 2.45) is 4.99 Å². The van der Waals surface area contributed by atoms with Crippen LogP contribution in [0.25, 0.3) is 10.9 Å². The van der Waals surface area contributed by atoms with Crippen molar-refractivity contribution in [2.45, 2.75) is 33.1 Å². The Bertz CT molecular complexity index is 1040. The highest BCUT2D eigenvalue weighted by Crippen LogP contribution is 2.39. The number of aliphatic imine (C=N–C) groups is 1. The molecule has 0 fully saturated rings. The highest BCUT2D eigenvalue weighted by atomic mass is 16.3. The van der Waals surface area contributed by atoms with E-state index in [2.05, 4.69) is 36.8 Å². The number of aryl methyl sites for hydroxylation is 1. The number of nitrogens with one attached hydrogen (secondary N) is 1. The lowest BCUT2D eigenvalue weighted by molar-refractivity contribution is 0.106. The topological polar surface area (TPSA) is 65.5 Å². The molecule has 0 radical (unpaired) electrons. The Balaban J connectivity index is 1.91. The molecular weight excluding hydrogens is 312 g/mol. The van der Waals surface area contributed by atoms with Gasteiger partial charge in [0.05, 0.1) is 11.3 Å². The smallest absolute Gasteiger partial charge is 0.216 e. The first-order valence-electron chi connectivity index (χ1n) is 8.61. The van der Waals surface area contributed by atoms with E-state index in [1.54, 1.807) is 0 Å². The third-order valence-electron chi connectivity index (χ3n) is 4.83. The molecule has 1 aliphatic heterocycles. The zero-order valence-corrected chi connectivity index (χ0v) is 14.6. The maximum atomic E-state index is 13.1. The minimum Gasteiger partial charge on any atom is -0.505 e. The Hall–Kier alpha value is -2.88. The summed E-state index contributed by atoms with van der Waals surface area (Å²) < 4.78 is 0. The second kappa shape index (κ2) is 5.59. The van der Waals surface area contributed by atoms with Crippen molar-refractivity contribution in [2.75, 3.05) is 0 Å². The van der Waals surface area contributed by atoms with Crippen LogP contribution in [0.4, 0.5) is 5.69 Å². The van der Waals surface area contributed by atoms with Gasteiger partial charge in [-0.15, -0.1) is 0 Å². The molecule has 25 heavy (non-hydrogen) atoms. The third-order valence-corrected chi connectivity index (χ3v) is 4.83. The number of Topliss-reactive ketones (excluding diaryl/α,β-unsaturated/α-hetero) is 1. The van der Waals surface area contributed by atoms with Crippen LogP contribution in [-0.4, -0.2) is 21.6 Å². The SMILES string of the molecule is CCc1cc2c(c(C(C)C)c1)C(=O)C(c1[nH]c3ccccc3c1O)=N2. The fourth-order valence-electron chi connectivity index (χ4n) is 3.46. The highest BCUT2D eigenvalue weighted by Gasteiger charge is 2.32. The molecule has 0 atom stereocenters. The van der Waals surface area contributed by atoms with Gasteiger partial charge in [0.15, 0.2) is 5.75 Å². The van der Waals surface area contributed by atoms with Crippen LogP contribution in [0.1, 0.15) is 53.9 Å². The zero-order valence-electron chi connectivity index (χ0n) is 14.6. The van der Waals surface area contributed by atoms with Gasteiger partial charge in [-0.05, 0) is 41.7 Å². The van der Waals surface area contributed by atoms with Gasteiger partial charge in [0, 0.05) is 10.9 Å². The number of nitrogens with zero attached hydrogens (tertiary/aromatic N) is 1. The van der Waals surface area contributed by atoms with E-state index in [1.807, 2.05) is 30.3 Å². The van der Waals surface area contributed by atoms with Gasteiger partial charge in [-0.25, -0.2) is 4.99 Å². The minimum atomic E-state index is -0.122. The van der Waals surface area contributed by atoms with E-state index in [9.17, 15) is 9.90 Å². The standard InChI is InChI=1S/C21H20N2O2/c1-4-12-9-14(11(2)3)17-16(10-12)23-19(21(17)25)18-20(24)13-7-5-6-8-15(13)22-18/h5-11,22,24H,4H2,1-3H3.